The number of rotatable bonds is 21. The van der Waals surface area contributed by atoms with Crippen LogP contribution in [-0.2, 0) is 38.7 Å². The molecule has 2 aromatic carbocycles. The number of carbonyl (C=O) groups is 2. The standard InChI is InChI=1S/C33H44O9/c1-25(2)31(34)41-23-19-37-16-15-36-17-21-39-29-11-7-27(8-12-29)33(5,6)28-9-13-30(14-10-28)40-22-18-38-20-24-42-32(35)26(3)4/h7-14H,1,3,15-24H2,2,4-6H3. The predicted molar refractivity (Wildman–Crippen MR) is 160 cm³/mol. The van der Waals surface area contributed by atoms with Crippen LogP contribution in [0.4, 0.5) is 0 Å². The topological polar surface area (TPSA) is 98.8 Å². The van der Waals surface area contributed by atoms with E-state index in [1.807, 2.05) is 24.3 Å². The molecule has 0 saturated carbocycles. The van der Waals surface area contributed by atoms with Gasteiger partial charge in [0.2, 0.25) is 0 Å². The molecule has 42 heavy (non-hydrogen) atoms. The van der Waals surface area contributed by atoms with Gasteiger partial charge in [0.1, 0.15) is 37.9 Å². The van der Waals surface area contributed by atoms with Gasteiger partial charge in [-0.05, 0) is 49.2 Å². The van der Waals surface area contributed by atoms with Gasteiger partial charge in [-0.3, -0.25) is 0 Å². The van der Waals surface area contributed by atoms with Gasteiger partial charge in [-0.25, -0.2) is 9.59 Å². The summed E-state index contributed by atoms with van der Waals surface area (Å²) in [5.41, 5.74) is 2.83. The number of ether oxygens (including phenoxy) is 7. The summed E-state index contributed by atoms with van der Waals surface area (Å²) in [7, 11) is 0. The first-order chi connectivity index (χ1) is 20.1. The average Bonchev–Trinajstić information content (AvgIpc) is 2.97. The Labute approximate surface area is 249 Å². The van der Waals surface area contributed by atoms with Gasteiger partial charge < -0.3 is 33.2 Å². The van der Waals surface area contributed by atoms with Crippen molar-refractivity contribution in [1.29, 1.82) is 0 Å². The lowest BCUT2D eigenvalue weighted by Gasteiger charge is -2.26. The lowest BCUT2D eigenvalue weighted by atomic mass is 9.78. The molecule has 0 fully saturated rings. The molecule has 0 heterocycles. The first kappa shape index (κ1) is 34.5. The number of esters is 2. The molecule has 0 atom stereocenters. The van der Waals surface area contributed by atoms with Crippen molar-refractivity contribution >= 4 is 11.9 Å². The summed E-state index contributed by atoms with van der Waals surface area (Å²) in [5.74, 6) is 0.699. The van der Waals surface area contributed by atoms with Crippen LogP contribution < -0.4 is 9.47 Å². The van der Waals surface area contributed by atoms with E-state index in [-0.39, 0.29) is 18.6 Å². The summed E-state index contributed by atoms with van der Waals surface area (Å²) >= 11 is 0. The average molecular weight is 585 g/mol. The zero-order chi connectivity index (χ0) is 30.8. The highest BCUT2D eigenvalue weighted by molar-refractivity contribution is 5.87. The molecule has 0 bridgehead atoms. The Morgan fingerprint density at radius 2 is 0.857 bits per heavy atom. The number of hydrogen-bond donors (Lipinski definition) is 0. The molecule has 0 aliphatic carbocycles. The van der Waals surface area contributed by atoms with Gasteiger partial charge in [0, 0.05) is 16.6 Å². The quantitative estimate of drug-likeness (QED) is 0.113. The Morgan fingerprint density at radius 3 is 1.19 bits per heavy atom. The Balaban J connectivity index is 1.63. The largest absolute Gasteiger partial charge is 0.491 e. The molecular weight excluding hydrogens is 540 g/mol. The van der Waals surface area contributed by atoms with Crippen molar-refractivity contribution in [2.75, 3.05) is 66.1 Å². The molecule has 0 saturated heterocycles. The van der Waals surface area contributed by atoms with Crippen LogP contribution in [0.5, 0.6) is 11.5 Å². The Kier molecular flexibility index (Phi) is 15.4. The van der Waals surface area contributed by atoms with Gasteiger partial charge in [0.25, 0.3) is 0 Å². The maximum absolute atomic E-state index is 11.3. The fourth-order valence-electron chi connectivity index (χ4n) is 3.60. The molecule has 0 aliphatic heterocycles. The number of hydrogen-bond acceptors (Lipinski definition) is 9. The van der Waals surface area contributed by atoms with Crippen LogP contribution in [0.3, 0.4) is 0 Å². The minimum Gasteiger partial charge on any atom is -0.491 e. The number of carbonyl (C=O) groups excluding carboxylic acids is 2. The molecule has 9 heteroatoms. The van der Waals surface area contributed by atoms with E-state index < -0.39 is 11.9 Å². The van der Waals surface area contributed by atoms with Gasteiger partial charge >= 0.3 is 11.9 Å². The van der Waals surface area contributed by atoms with E-state index in [4.69, 9.17) is 33.2 Å². The van der Waals surface area contributed by atoms with Crippen LogP contribution in [0.25, 0.3) is 0 Å². The minimum absolute atomic E-state index is 0.187. The van der Waals surface area contributed by atoms with Crippen molar-refractivity contribution in [2.45, 2.75) is 33.1 Å². The van der Waals surface area contributed by atoms with Crippen LogP contribution in [0.15, 0.2) is 72.8 Å². The van der Waals surface area contributed by atoms with Crippen molar-refractivity contribution in [3.63, 3.8) is 0 Å². The van der Waals surface area contributed by atoms with E-state index in [2.05, 4.69) is 51.3 Å². The molecule has 230 valence electrons. The SMILES string of the molecule is C=C(C)C(=O)OCCOCCOCCOc1ccc(C(C)(C)c2ccc(OCCOCCOC(=O)C(=C)C)cc2)cc1. The summed E-state index contributed by atoms with van der Waals surface area (Å²) < 4.78 is 37.8. The lowest BCUT2D eigenvalue weighted by molar-refractivity contribution is -0.141. The molecule has 0 N–H and O–H groups in total. The highest BCUT2D eigenvalue weighted by Gasteiger charge is 2.23. The molecule has 2 aromatic rings. The van der Waals surface area contributed by atoms with E-state index in [1.165, 1.54) is 0 Å². The fraction of sp³-hybridized carbons (Fsp3) is 0.455. The van der Waals surface area contributed by atoms with Gasteiger partial charge in [0.15, 0.2) is 0 Å². The van der Waals surface area contributed by atoms with E-state index in [9.17, 15) is 9.59 Å². The Bertz CT molecular complexity index is 1120. The molecule has 0 radical (unpaired) electrons. The zero-order valence-corrected chi connectivity index (χ0v) is 25.3. The predicted octanol–water partition coefficient (Wildman–Crippen LogP) is 5.06. The Morgan fingerprint density at radius 1 is 0.548 bits per heavy atom. The van der Waals surface area contributed by atoms with E-state index in [1.54, 1.807) is 13.8 Å². The van der Waals surface area contributed by atoms with Crippen molar-refractivity contribution in [3.05, 3.63) is 84.0 Å². The van der Waals surface area contributed by atoms with Crippen LogP contribution in [0.2, 0.25) is 0 Å². The summed E-state index contributed by atoms with van der Waals surface area (Å²) in [6, 6.07) is 16.1. The van der Waals surface area contributed by atoms with E-state index in [0.29, 0.717) is 64.0 Å². The minimum atomic E-state index is -0.416. The third-order valence-electron chi connectivity index (χ3n) is 6.14. The molecule has 0 unspecified atom stereocenters. The summed E-state index contributed by atoms with van der Waals surface area (Å²) in [6.45, 7) is 18.1. The maximum Gasteiger partial charge on any atom is 0.333 e. The third kappa shape index (κ3) is 12.9. The monoisotopic (exact) mass is 584 g/mol. The molecule has 0 aliphatic rings. The summed E-state index contributed by atoms with van der Waals surface area (Å²) in [5, 5.41) is 0. The molecule has 0 spiro atoms. The second-order valence-corrected chi connectivity index (χ2v) is 10.0. The first-order valence-electron chi connectivity index (χ1n) is 14.0. The summed E-state index contributed by atoms with van der Waals surface area (Å²) in [4.78, 5) is 22.6. The van der Waals surface area contributed by atoms with Crippen molar-refractivity contribution in [2.24, 2.45) is 0 Å². The molecule has 0 aromatic heterocycles. The molecule has 2 rings (SSSR count). The van der Waals surface area contributed by atoms with E-state index >= 15 is 0 Å². The van der Waals surface area contributed by atoms with Crippen molar-refractivity contribution < 1.29 is 42.7 Å². The highest BCUT2D eigenvalue weighted by Crippen LogP contribution is 2.33. The lowest BCUT2D eigenvalue weighted by Crippen LogP contribution is -2.19. The Hall–Kier alpha value is -3.66. The van der Waals surface area contributed by atoms with Crippen LogP contribution >= 0.6 is 0 Å². The van der Waals surface area contributed by atoms with Crippen molar-refractivity contribution in [3.8, 4) is 11.5 Å². The molecule has 9 nitrogen and oxygen atoms in total. The van der Waals surface area contributed by atoms with Crippen LogP contribution in [0, 0.1) is 0 Å². The van der Waals surface area contributed by atoms with E-state index in [0.717, 1.165) is 22.6 Å². The second kappa shape index (κ2) is 18.7. The van der Waals surface area contributed by atoms with Crippen LogP contribution in [0.1, 0.15) is 38.8 Å². The van der Waals surface area contributed by atoms with Crippen molar-refractivity contribution in [1.82, 2.24) is 0 Å². The fourth-order valence-corrected chi connectivity index (χ4v) is 3.60. The zero-order valence-electron chi connectivity index (χ0n) is 25.3. The highest BCUT2D eigenvalue weighted by atomic mass is 16.6. The maximum atomic E-state index is 11.3. The molecular formula is C33H44O9. The number of benzene rings is 2. The van der Waals surface area contributed by atoms with Gasteiger partial charge in [-0.2, -0.15) is 0 Å². The second-order valence-electron chi connectivity index (χ2n) is 10.0. The van der Waals surface area contributed by atoms with Gasteiger partial charge in [-0.1, -0.05) is 51.3 Å². The molecule has 0 amide bonds. The normalized spacial score (nSPS) is 11.0. The first-order valence-corrected chi connectivity index (χ1v) is 14.0. The smallest absolute Gasteiger partial charge is 0.333 e. The van der Waals surface area contributed by atoms with Gasteiger partial charge in [0.05, 0.1) is 39.6 Å². The summed E-state index contributed by atoms with van der Waals surface area (Å²) in [6.07, 6.45) is 0. The third-order valence-corrected chi connectivity index (χ3v) is 6.14. The van der Waals surface area contributed by atoms with Gasteiger partial charge in [-0.15, -0.1) is 0 Å². The van der Waals surface area contributed by atoms with Crippen LogP contribution in [-0.4, -0.2) is 78.0 Å².